The largest absolute Gasteiger partial charge is 0.384 e. The van der Waals surface area contributed by atoms with Crippen LogP contribution in [0, 0.1) is 17.2 Å². The van der Waals surface area contributed by atoms with Gasteiger partial charge in [-0.3, -0.25) is 0 Å². The average Bonchev–Trinajstić information content (AvgIpc) is 2.26. The third-order valence-electron chi connectivity index (χ3n) is 2.44. The van der Waals surface area contributed by atoms with E-state index >= 15 is 0 Å². The van der Waals surface area contributed by atoms with Crippen molar-refractivity contribution in [3.63, 3.8) is 0 Å². The standard InChI is InChI=1S/C12H15BrN2/c1-3-9(2)8-15-12-5-4-11(13)6-10(12)7-14/h4-6,9,15H,3,8H2,1-2H3. The molecule has 0 aliphatic rings. The van der Waals surface area contributed by atoms with Crippen molar-refractivity contribution in [2.24, 2.45) is 5.92 Å². The topological polar surface area (TPSA) is 35.8 Å². The van der Waals surface area contributed by atoms with E-state index in [0.717, 1.165) is 23.1 Å². The summed E-state index contributed by atoms with van der Waals surface area (Å²) in [5.41, 5.74) is 1.61. The van der Waals surface area contributed by atoms with Crippen LogP contribution in [0.4, 0.5) is 5.69 Å². The molecule has 0 aromatic heterocycles. The SMILES string of the molecule is CCC(C)CNc1ccc(Br)cc1C#N. The molecule has 0 bridgehead atoms. The second-order valence-corrected chi connectivity index (χ2v) is 4.61. The first-order valence-electron chi connectivity index (χ1n) is 5.11. The number of hydrogen-bond donors (Lipinski definition) is 1. The molecular formula is C12H15BrN2. The van der Waals surface area contributed by atoms with Crippen LogP contribution in [-0.2, 0) is 0 Å². The van der Waals surface area contributed by atoms with Gasteiger partial charge in [-0.25, -0.2) is 0 Å². The third kappa shape index (κ3) is 3.56. The lowest BCUT2D eigenvalue weighted by atomic mass is 10.1. The first-order valence-corrected chi connectivity index (χ1v) is 5.90. The molecule has 0 amide bonds. The van der Waals surface area contributed by atoms with Gasteiger partial charge in [0.2, 0.25) is 0 Å². The Morgan fingerprint density at radius 1 is 1.53 bits per heavy atom. The Labute approximate surface area is 99.4 Å². The molecule has 0 spiro atoms. The summed E-state index contributed by atoms with van der Waals surface area (Å²) in [6, 6.07) is 7.90. The van der Waals surface area contributed by atoms with Crippen LogP contribution in [0.25, 0.3) is 0 Å². The quantitative estimate of drug-likeness (QED) is 0.901. The second-order valence-electron chi connectivity index (χ2n) is 3.70. The van der Waals surface area contributed by atoms with Gasteiger partial charge in [-0.05, 0) is 24.1 Å². The Morgan fingerprint density at radius 2 is 2.27 bits per heavy atom. The van der Waals surface area contributed by atoms with Crippen LogP contribution in [0.1, 0.15) is 25.8 Å². The molecule has 0 radical (unpaired) electrons. The summed E-state index contributed by atoms with van der Waals surface area (Å²) in [6.07, 6.45) is 1.14. The number of rotatable bonds is 4. The molecule has 0 aliphatic heterocycles. The summed E-state index contributed by atoms with van der Waals surface area (Å²) in [5, 5.41) is 12.3. The van der Waals surface area contributed by atoms with Gasteiger partial charge < -0.3 is 5.32 Å². The maximum atomic E-state index is 8.95. The van der Waals surface area contributed by atoms with E-state index in [1.54, 1.807) is 0 Å². The van der Waals surface area contributed by atoms with E-state index in [0.29, 0.717) is 11.5 Å². The van der Waals surface area contributed by atoms with Gasteiger partial charge in [0.1, 0.15) is 6.07 Å². The highest BCUT2D eigenvalue weighted by atomic mass is 79.9. The zero-order valence-corrected chi connectivity index (χ0v) is 10.6. The molecular weight excluding hydrogens is 252 g/mol. The average molecular weight is 267 g/mol. The Morgan fingerprint density at radius 3 is 2.87 bits per heavy atom. The molecule has 0 heterocycles. The summed E-state index contributed by atoms with van der Waals surface area (Å²) < 4.78 is 0.938. The van der Waals surface area contributed by atoms with Crippen LogP contribution in [-0.4, -0.2) is 6.54 Å². The summed E-state index contributed by atoms with van der Waals surface area (Å²) in [7, 11) is 0. The van der Waals surface area contributed by atoms with Crippen LogP contribution in [0.2, 0.25) is 0 Å². The predicted molar refractivity (Wildman–Crippen MR) is 66.8 cm³/mol. The fourth-order valence-corrected chi connectivity index (χ4v) is 1.55. The number of halogens is 1. The minimum absolute atomic E-state index is 0.625. The van der Waals surface area contributed by atoms with Crippen molar-refractivity contribution in [1.29, 1.82) is 5.26 Å². The molecule has 1 atom stereocenters. The number of hydrogen-bond acceptors (Lipinski definition) is 2. The minimum atomic E-state index is 0.625. The maximum absolute atomic E-state index is 8.95. The lowest BCUT2D eigenvalue weighted by Gasteiger charge is -2.12. The smallest absolute Gasteiger partial charge is 0.101 e. The van der Waals surface area contributed by atoms with Gasteiger partial charge in [0.25, 0.3) is 0 Å². The fraction of sp³-hybridized carbons (Fsp3) is 0.417. The van der Waals surface area contributed by atoms with Crippen LogP contribution >= 0.6 is 15.9 Å². The van der Waals surface area contributed by atoms with Gasteiger partial charge in [0.15, 0.2) is 0 Å². The summed E-state index contributed by atoms with van der Waals surface area (Å²) in [5.74, 6) is 0.625. The number of benzene rings is 1. The van der Waals surface area contributed by atoms with Crippen molar-refractivity contribution in [3.8, 4) is 6.07 Å². The van der Waals surface area contributed by atoms with Crippen molar-refractivity contribution in [2.75, 3.05) is 11.9 Å². The van der Waals surface area contributed by atoms with Crippen LogP contribution in [0.3, 0.4) is 0 Å². The van der Waals surface area contributed by atoms with Gasteiger partial charge >= 0.3 is 0 Å². The summed E-state index contributed by atoms with van der Waals surface area (Å²) in [4.78, 5) is 0. The van der Waals surface area contributed by atoms with Gasteiger partial charge in [-0.1, -0.05) is 36.2 Å². The number of nitrogens with zero attached hydrogens (tertiary/aromatic N) is 1. The van der Waals surface area contributed by atoms with Crippen molar-refractivity contribution >= 4 is 21.6 Å². The van der Waals surface area contributed by atoms with Crippen molar-refractivity contribution < 1.29 is 0 Å². The van der Waals surface area contributed by atoms with E-state index in [4.69, 9.17) is 5.26 Å². The summed E-state index contributed by atoms with van der Waals surface area (Å²) >= 11 is 3.35. The zero-order chi connectivity index (χ0) is 11.3. The van der Waals surface area contributed by atoms with Crippen LogP contribution < -0.4 is 5.32 Å². The molecule has 1 rings (SSSR count). The highest BCUT2D eigenvalue weighted by Gasteiger charge is 2.03. The van der Waals surface area contributed by atoms with E-state index in [1.807, 2.05) is 18.2 Å². The predicted octanol–water partition coefficient (Wildman–Crippen LogP) is 3.78. The molecule has 1 N–H and O–H groups in total. The van der Waals surface area contributed by atoms with Crippen molar-refractivity contribution in [1.82, 2.24) is 0 Å². The zero-order valence-electron chi connectivity index (χ0n) is 9.05. The molecule has 15 heavy (non-hydrogen) atoms. The van der Waals surface area contributed by atoms with E-state index in [9.17, 15) is 0 Å². The van der Waals surface area contributed by atoms with Gasteiger partial charge in [0.05, 0.1) is 11.3 Å². The van der Waals surface area contributed by atoms with E-state index in [2.05, 4.69) is 41.2 Å². The molecule has 80 valence electrons. The van der Waals surface area contributed by atoms with Crippen molar-refractivity contribution in [3.05, 3.63) is 28.2 Å². The molecule has 0 saturated carbocycles. The normalized spacial score (nSPS) is 11.9. The Bertz CT molecular complexity index is 368. The minimum Gasteiger partial charge on any atom is -0.384 e. The molecule has 0 saturated heterocycles. The first-order chi connectivity index (χ1) is 7.17. The summed E-state index contributed by atoms with van der Waals surface area (Å²) in [6.45, 7) is 5.27. The van der Waals surface area contributed by atoms with E-state index in [1.165, 1.54) is 0 Å². The third-order valence-corrected chi connectivity index (χ3v) is 2.93. The Hall–Kier alpha value is -1.01. The number of nitrogens with one attached hydrogen (secondary N) is 1. The molecule has 1 aromatic rings. The lowest BCUT2D eigenvalue weighted by Crippen LogP contribution is -2.11. The fourth-order valence-electron chi connectivity index (χ4n) is 1.19. The van der Waals surface area contributed by atoms with Crippen molar-refractivity contribution in [2.45, 2.75) is 20.3 Å². The molecule has 0 aliphatic carbocycles. The molecule has 0 fully saturated rings. The van der Waals surface area contributed by atoms with E-state index in [-0.39, 0.29) is 0 Å². The molecule has 1 unspecified atom stereocenters. The van der Waals surface area contributed by atoms with Crippen LogP contribution in [0.15, 0.2) is 22.7 Å². The maximum Gasteiger partial charge on any atom is 0.101 e. The molecule has 3 heteroatoms. The Balaban J connectivity index is 2.73. The van der Waals surface area contributed by atoms with Gasteiger partial charge in [-0.2, -0.15) is 5.26 Å². The molecule has 1 aromatic carbocycles. The highest BCUT2D eigenvalue weighted by Crippen LogP contribution is 2.20. The Kier molecular flexibility index (Phi) is 4.64. The van der Waals surface area contributed by atoms with E-state index < -0.39 is 0 Å². The first kappa shape index (κ1) is 12.1. The number of nitriles is 1. The van der Waals surface area contributed by atoms with Crippen LogP contribution in [0.5, 0.6) is 0 Å². The second kappa shape index (κ2) is 5.77. The van der Waals surface area contributed by atoms with Gasteiger partial charge in [0, 0.05) is 11.0 Å². The number of anilines is 1. The molecule has 2 nitrogen and oxygen atoms in total. The monoisotopic (exact) mass is 266 g/mol. The lowest BCUT2D eigenvalue weighted by molar-refractivity contribution is 0.593. The van der Waals surface area contributed by atoms with Gasteiger partial charge in [-0.15, -0.1) is 0 Å². The highest BCUT2D eigenvalue weighted by molar-refractivity contribution is 9.10.